The van der Waals surface area contributed by atoms with Gasteiger partial charge < -0.3 is 9.64 Å². The van der Waals surface area contributed by atoms with Crippen molar-refractivity contribution in [2.45, 2.75) is 33.3 Å². The molecular weight excluding hydrogens is 358 g/mol. The van der Waals surface area contributed by atoms with Gasteiger partial charge in [-0.1, -0.05) is 61.0 Å². The van der Waals surface area contributed by atoms with E-state index in [4.69, 9.17) is 4.74 Å². The lowest BCUT2D eigenvalue weighted by Gasteiger charge is -2.26. The number of nitrogens with zero attached hydrogens (tertiary/aromatic N) is 1. The SMILES string of the molecule is C=CC(=O)OC(CC)c1ccc(N(c2ccc(C)cc2)c2ccc(C)cc2)cc1. The van der Waals surface area contributed by atoms with Gasteiger partial charge in [-0.2, -0.15) is 0 Å². The Morgan fingerprint density at radius 1 is 0.862 bits per heavy atom. The van der Waals surface area contributed by atoms with Gasteiger partial charge >= 0.3 is 5.97 Å². The van der Waals surface area contributed by atoms with Gasteiger partial charge in [0, 0.05) is 23.1 Å². The van der Waals surface area contributed by atoms with Gasteiger partial charge in [0.1, 0.15) is 6.10 Å². The Hall–Kier alpha value is -3.33. The van der Waals surface area contributed by atoms with Crippen LogP contribution in [-0.2, 0) is 9.53 Å². The first kappa shape index (κ1) is 20.4. The zero-order valence-electron chi connectivity index (χ0n) is 17.3. The van der Waals surface area contributed by atoms with E-state index in [1.807, 2.05) is 19.1 Å². The Morgan fingerprint density at radius 3 is 1.66 bits per heavy atom. The van der Waals surface area contributed by atoms with Gasteiger partial charge in [0.05, 0.1) is 0 Å². The number of aryl methyl sites for hydroxylation is 2. The molecule has 3 heteroatoms. The van der Waals surface area contributed by atoms with Crippen LogP contribution in [0.25, 0.3) is 0 Å². The summed E-state index contributed by atoms with van der Waals surface area (Å²) in [5.41, 5.74) is 6.66. The van der Waals surface area contributed by atoms with E-state index < -0.39 is 5.97 Å². The highest BCUT2D eigenvalue weighted by atomic mass is 16.5. The topological polar surface area (TPSA) is 29.5 Å². The first-order valence-electron chi connectivity index (χ1n) is 9.88. The Bertz CT molecular complexity index is 912. The summed E-state index contributed by atoms with van der Waals surface area (Å²) in [5.74, 6) is -0.401. The molecule has 0 aromatic heterocycles. The molecule has 0 spiro atoms. The number of ether oxygens (including phenoxy) is 1. The molecule has 0 aliphatic heterocycles. The number of rotatable bonds is 7. The van der Waals surface area contributed by atoms with E-state index in [1.54, 1.807) is 0 Å². The maximum Gasteiger partial charge on any atom is 0.330 e. The van der Waals surface area contributed by atoms with Crippen LogP contribution in [0.5, 0.6) is 0 Å². The van der Waals surface area contributed by atoms with Crippen LogP contribution in [0.2, 0.25) is 0 Å². The fourth-order valence-electron chi connectivity index (χ4n) is 3.25. The Labute approximate surface area is 173 Å². The lowest BCUT2D eigenvalue weighted by molar-refractivity contribution is -0.143. The highest BCUT2D eigenvalue weighted by molar-refractivity contribution is 5.81. The predicted octanol–water partition coefficient (Wildman–Crippen LogP) is 6.95. The standard InChI is InChI=1S/C26H27NO2/c1-5-25(29-26(28)6-2)21-11-17-24(18-12-21)27(22-13-7-19(3)8-14-22)23-15-9-20(4)10-16-23/h6-18,25H,2,5H2,1,3-4H3. The number of hydrogen-bond donors (Lipinski definition) is 0. The molecule has 148 valence electrons. The smallest absolute Gasteiger partial charge is 0.330 e. The zero-order chi connectivity index (χ0) is 20.8. The van der Waals surface area contributed by atoms with Crippen LogP contribution in [-0.4, -0.2) is 5.97 Å². The van der Waals surface area contributed by atoms with Crippen molar-refractivity contribution in [3.8, 4) is 0 Å². The normalized spacial score (nSPS) is 11.6. The fourth-order valence-corrected chi connectivity index (χ4v) is 3.25. The second kappa shape index (κ2) is 9.24. The van der Waals surface area contributed by atoms with Crippen LogP contribution < -0.4 is 4.90 Å². The van der Waals surface area contributed by atoms with Crippen molar-refractivity contribution < 1.29 is 9.53 Å². The molecule has 3 aromatic rings. The summed E-state index contributed by atoms with van der Waals surface area (Å²) in [7, 11) is 0. The van der Waals surface area contributed by atoms with Crippen LogP contribution in [0.1, 0.15) is 36.1 Å². The maximum absolute atomic E-state index is 11.6. The minimum Gasteiger partial charge on any atom is -0.454 e. The second-order valence-corrected chi connectivity index (χ2v) is 7.14. The first-order chi connectivity index (χ1) is 14.0. The zero-order valence-corrected chi connectivity index (χ0v) is 17.3. The van der Waals surface area contributed by atoms with Gasteiger partial charge in [-0.3, -0.25) is 0 Å². The highest BCUT2D eigenvalue weighted by Gasteiger charge is 2.16. The first-order valence-corrected chi connectivity index (χ1v) is 9.88. The number of carbonyl (C=O) groups excluding carboxylic acids is 1. The molecule has 3 aromatic carbocycles. The molecule has 0 fully saturated rings. The monoisotopic (exact) mass is 385 g/mol. The highest BCUT2D eigenvalue weighted by Crippen LogP contribution is 2.35. The average molecular weight is 386 g/mol. The molecule has 3 rings (SSSR count). The molecule has 1 atom stereocenters. The van der Waals surface area contributed by atoms with Gasteiger partial charge in [-0.15, -0.1) is 0 Å². The molecule has 0 radical (unpaired) electrons. The van der Waals surface area contributed by atoms with Crippen molar-refractivity contribution in [3.05, 3.63) is 102 Å². The third kappa shape index (κ3) is 4.94. The van der Waals surface area contributed by atoms with Crippen LogP contribution in [0.3, 0.4) is 0 Å². The molecule has 0 N–H and O–H groups in total. The third-order valence-electron chi connectivity index (χ3n) is 4.90. The summed E-state index contributed by atoms with van der Waals surface area (Å²) in [6.45, 7) is 9.65. The van der Waals surface area contributed by atoms with Gasteiger partial charge in [-0.05, 0) is 62.2 Å². The summed E-state index contributed by atoms with van der Waals surface area (Å²) in [6, 6.07) is 25.2. The molecule has 0 aliphatic carbocycles. The molecule has 3 nitrogen and oxygen atoms in total. The van der Waals surface area contributed by atoms with Crippen molar-refractivity contribution in [1.29, 1.82) is 0 Å². The van der Waals surface area contributed by atoms with Gasteiger partial charge in [0.25, 0.3) is 0 Å². The lowest BCUT2D eigenvalue weighted by atomic mass is 10.1. The van der Waals surface area contributed by atoms with Crippen LogP contribution >= 0.6 is 0 Å². The number of hydrogen-bond acceptors (Lipinski definition) is 3. The van der Waals surface area contributed by atoms with Crippen molar-refractivity contribution in [1.82, 2.24) is 0 Å². The predicted molar refractivity (Wildman–Crippen MR) is 120 cm³/mol. The van der Waals surface area contributed by atoms with Crippen LogP contribution in [0.15, 0.2) is 85.5 Å². The van der Waals surface area contributed by atoms with Crippen molar-refractivity contribution >= 4 is 23.0 Å². The summed E-state index contributed by atoms with van der Waals surface area (Å²) >= 11 is 0. The number of carbonyl (C=O) groups is 1. The van der Waals surface area contributed by atoms with E-state index in [1.165, 1.54) is 17.2 Å². The van der Waals surface area contributed by atoms with Crippen LogP contribution in [0.4, 0.5) is 17.1 Å². The van der Waals surface area contributed by atoms with E-state index in [0.29, 0.717) is 6.42 Å². The fraction of sp³-hybridized carbons (Fsp3) is 0.192. The Morgan fingerprint density at radius 2 is 1.28 bits per heavy atom. The van der Waals surface area contributed by atoms with E-state index >= 15 is 0 Å². The van der Waals surface area contributed by atoms with Crippen LogP contribution in [0, 0.1) is 13.8 Å². The van der Waals surface area contributed by atoms with Crippen molar-refractivity contribution in [2.24, 2.45) is 0 Å². The van der Waals surface area contributed by atoms with E-state index in [-0.39, 0.29) is 6.10 Å². The average Bonchev–Trinajstić information content (AvgIpc) is 2.75. The van der Waals surface area contributed by atoms with Crippen molar-refractivity contribution in [2.75, 3.05) is 4.90 Å². The minimum atomic E-state index is -0.401. The molecule has 29 heavy (non-hydrogen) atoms. The van der Waals surface area contributed by atoms with Gasteiger partial charge in [0.15, 0.2) is 0 Å². The summed E-state index contributed by atoms with van der Waals surface area (Å²) in [6.07, 6.45) is 1.63. The quantitative estimate of drug-likeness (QED) is 0.325. The van der Waals surface area contributed by atoms with E-state index in [9.17, 15) is 4.79 Å². The molecular formula is C26H27NO2. The molecule has 1 unspecified atom stereocenters. The Balaban J connectivity index is 1.97. The second-order valence-electron chi connectivity index (χ2n) is 7.14. The molecule has 0 amide bonds. The van der Waals surface area contributed by atoms with Gasteiger partial charge in [0.2, 0.25) is 0 Å². The Kier molecular flexibility index (Phi) is 6.50. The number of esters is 1. The summed E-state index contributed by atoms with van der Waals surface area (Å²) < 4.78 is 5.46. The minimum absolute atomic E-state index is 0.276. The molecule has 0 bridgehead atoms. The lowest BCUT2D eigenvalue weighted by Crippen LogP contribution is -2.11. The van der Waals surface area contributed by atoms with Crippen molar-refractivity contribution in [3.63, 3.8) is 0 Å². The van der Waals surface area contributed by atoms with E-state index in [0.717, 1.165) is 22.6 Å². The summed E-state index contributed by atoms with van der Waals surface area (Å²) in [5, 5.41) is 0. The summed E-state index contributed by atoms with van der Waals surface area (Å²) in [4.78, 5) is 13.8. The largest absolute Gasteiger partial charge is 0.454 e. The maximum atomic E-state index is 11.6. The molecule has 0 heterocycles. The molecule has 0 saturated heterocycles. The molecule has 0 saturated carbocycles. The number of anilines is 3. The third-order valence-corrected chi connectivity index (χ3v) is 4.90. The molecule has 0 aliphatic rings. The van der Waals surface area contributed by atoms with E-state index in [2.05, 4.69) is 86.0 Å². The van der Waals surface area contributed by atoms with Gasteiger partial charge in [-0.25, -0.2) is 4.79 Å². The number of benzene rings is 3.